The minimum absolute atomic E-state index is 0.0435. The van der Waals surface area contributed by atoms with Crippen molar-refractivity contribution in [3.8, 4) is 0 Å². The van der Waals surface area contributed by atoms with Crippen LogP contribution in [0.25, 0.3) is 0 Å². The molecule has 0 saturated heterocycles. The van der Waals surface area contributed by atoms with E-state index in [0.29, 0.717) is 5.88 Å². The molecule has 0 spiro atoms. The van der Waals surface area contributed by atoms with E-state index >= 15 is 0 Å². The highest BCUT2D eigenvalue weighted by Crippen LogP contribution is 2.22. The first kappa shape index (κ1) is 14.9. The predicted octanol–water partition coefficient (Wildman–Crippen LogP) is 4.22. The van der Waals surface area contributed by atoms with Crippen LogP contribution in [0.1, 0.15) is 25.8 Å². The molecule has 0 amide bonds. The summed E-state index contributed by atoms with van der Waals surface area (Å²) >= 11 is 8.70. The van der Waals surface area contributed by atoms with Gasteiger partial charge in [-0.1, -0.05) is 0 Å². The molecule has 0 aliphatic heterocycles. The Morgan fingerprint density at radius 3 is 2.59 bits per heavy atom. The third kappa shape index (κ3) is 4.19. The predicted molar refractivity (Wildman–Crippen MR) is 70.3 cm³/mol. The summed E-state index contributed by atoms with van der Waals surface area (Å²) in [5.41, 5.74) is -0.204. The highest BCUT2D eigenvalue weighted by molar-refractivity contribution is 9.10. The second kappa shape index (κ2) is 6.12. The quantitative estimate of drug-likeness (QED) is 0.631. The molecule has 1 nitrogen and oxygen atoms in total. The van der Waals surface area contributed by atoms with Gasteiger partial charge in [-0.2, -0.15) is 0 Å². The number of rotatable bonds is 5. The maximum Gasteiger partial charge on any atom is 0.144 e. The van der Waals surface area contributed by atoms with Gasteiger partial charge in [0.25, 0.3) is 0 Å². The average Bonchev–Trinajstić information content (AvgIpc) is 2.23. The fourth-order valence-electron chi connectivity index (χ4n) is 1.38. The monoisotopic (exact) mass is 325 g/mol. The van der Waals surface area contributed by atoms with Crippen LogP contribution >= 0.6 is 27.5 Å². The second-order valence-corrected chi connectivity index (χ2v) is 5.73. The van der Waals surface area contributed by atoms with Gasteiger partial charge in [0.1, 0.15) is 11.6 Å². The number of hydrogen-bond donors (Lipinski definition) is 1. The molecule has 0 atom stereocenters. The standard InChI is InChI=1S/C12H15BrClF2N/c1-12(2,5-6-14)17-7-8-10(15)4-3-9(13)11(8)16/h3-4,17H,5-7H2,1-2H3. The molecule has 1 rings (SSSR count). The Kier molecular flexibility index (Phi) is 5.35. The molecule has 1 aromatic carbocycles. The zero-order valence-electron chi connectivity index (χ0n) is 9.79. The third-order valence-corrected chi connectivity index (χ3v) is 3.40. The fraction of sp³-hybridized carbons (Fsp3) is 0.500. The maximum absolute atomic E-state index is 13.7. The molecule has 1 aromatic rings. The molecule has 5 heteroatoms. The first-order valence-corrected chi connectivity index (χ1v) is 6.63. The highest BCUT2D eigenvalue weighted by Gasteiger charge is 2.19. The smallest absolute Gasteiger partial charge is 0.144 e. The summed E-state index contributed by atoms with van der Waals surface area (Å²) in [5, 5.41) is 3.10. The van der Waals surface area contributed by atoms with Gasteiger partial charge in [-0.3, -0.25) is 0 Å². The zero-order chi connectivity index (χ0) is 13.1. The SMILES string of the molecule is CC(C)(CCCl)NCc1c(F)ccc(Br)c1F. The van der Waals surface area contributed by atoms with Crippen molar-refractivity contribution in [3.05, 3.63) is 33.8 Å². The van der Waals surface area contributed by atoms with Gasteiger partial charge >= 0.3 is 0 Å². The number of alkyl halides is 1. The van der Waals surface area contributed by atoms with E-state index in [2.05, 4.69) is 21.2 Å². The first-order valence-electron chi connectivity index (χ1n) is 5.31. The van der Waals surface area contributed by atoms with Crippen molar-refractivity contribution < 1.29 is 8.78 Å². The lowest BCUT2D eigenvalue weighted by atomic mass is 10.0. The van der Waals surface area contributed by atoms with Crippen molar-refractivity contribution in [2.24, 2.45) is 0 Å². The summed E-state index contributed by atoms with van der Waals surface area (Å²) in [7, 11) is 0. The van der Waals surface area contributed by atoms with Crippen LogP contribution in [0.15, 0.2) is 16.6 Å². The van der Waals surface area contributed by atoms with Crippen LogP contribution < -0.4 is 5.32 Å². The lowest BCUT2D eigenvalue weighted by Crippen LogP contribution is -2.39. The molecule has 0 fully saturated rings. The summed E-state index contributed by atoms with van der Waals surface area (Å²) in [5.74, 6) is -0.595. The molecule has 0 aromatic heterocycles. The van der Waals surface area contributed by atoms with Gasteiger partial charge in [-0.05, 0) is 48.3 Å². The molecule has 17 heavy (non-hydrogen) atoms. The van der Waals surface area contributed by atoms with Crippen molar-refractivity contribution in [1.82, 2.24) is 5.32 Å². The van der Waals surface area contributed by atoms with E-state index < -0.39 is 11.6 Å². The number of hydrogen-bond acceptors (Lipinski definition) is 1. The van der Waals surface area contributed by atoms with Gasteiger partial charge in [-0.15, -0.1) is 11.6 Å². The average molecular weight is 327 g/mol. The lowest BCUT2D eigenvalue weighted by molar-refractivity contribution is 0.368. The summed E-state index contributed by atoms with van der Waals surface area (Å²) in [6.45, 7) is 4.04. The Balaban J connectivity index is 2.79. The largest absolute Gasteiger partial charge is 0.307 e. The van der Waals surface area contributed by atoms with Crippen molar-refractivity contribution in [3.63, 3.8) is 0 Å². The minimum atomic E-state index is -0.556. The molecule has 0 radical (unpaired) electrons. The molecular weight excluding hydrogens is 311 g/mol. The van der Waals surface area contributed by atoms with E-state index in [1.54, 1.807) is 0 Å². The van der Waals surface area contributed by atoms with Crippen LogP contribution in [-0.4, -0.2) is 11.4 Å². The molecule has 0 unspecified atom stereocenters. The number of benzene rings is 1. The van der Waals surface area contributed by atoms with E-state index in [4.69, 9.17) is 11.6 Å². The molecule has 0 aliphatic rings. The Morgan fingerprint density at radius 2 is 2.00 bits per heavy atom. The summed E-state index contributed by atoms with van der Waals surface area (Å²) < 4.78 is 27.4. The Labute approximate surface area is 114 Å². The van der Waals surface area contributed by atoms with Crippen LogP contribution in [0.4, 0.5) is 8.78 Å². The number of halogens is 4. The van der Waals surface area contributed by atoms with Crippen molar-refractivity contribution in [1.29, 1.82) is 0 Å². The van der Waals surface area contributed by atoms with Gasteiger partial charge < -0.3 is 5.32 Å². The van der Waals surface area contributed by atoms with Crippen LogP contribution in [0.3, 0.4) is 0 Å². The normalized spacial score (nSPS) is 11.9. The van der Waals surface area contributed by atoms with Crippen molar-refractivity contribution >= 4 is 27.5 Å². The van der Waals surface area contributed by atoms with Gasteiger partial charge in [0, 0.05) is 23.5 Å². The zero-order valence-corrected chi connectivity index (χ0v) is 12.1. The topological polar surface area (TPSA) is 12.0 Å². The molecule has 1 N–H and O–H groups in total. The van der Waals surface area contributed by atoms with Crippen molar-refractivity contribution in [2.45, 2.75) is 32.4 Å². The van der Waals surface area contributed by atoms with Gasteiger partial charge in [0.2, 0.25) is 0 Å². The summed E-state index contributed by atoms with van der Waals surface area (Å²) in [6.07, 6.45) is 0.728. The summed E-state index contributed by atoms with van der Waals surface area (Å²) in [4.78, 5) is 0. The van der Waals surface area contributed by atoms with Crippen LogP contribution in [0.2, 0.25) is 0 Å². The molecule has 0 aliphatic carbocycles. The third-order valence-electron chi connectivity index (χ3n) is 2.60. The van der Waals surface area contributed by atoms with Gasteiger partial charge in [-0.25, -0.2) is 8.78 Å². The minimum Gasteiger partial charge on any atom is -0.307 e. The Bertz CT molecular complexity index is 396. The Hall–Kier alpha value is -0.190. The highest BCUT2D eigenvalue weighted by atomic mass is 79.9. The second-order valence-electron chi connectivity index (χ2n) is 4.50. The Morgan fingerprint density at radius 1 is 1.35 bits per heavy atom. The molecule has 0 heterocycles. The first-order chi connectivity index (χ1) is 7.87. The molecule has 0 bridgehead atoms. The summed E-state index contributed by atoms with van der Waals surface area (Å²) in [6, 6.07) is 2.61. The van der Waals surface area contributed by atoms with Crippen LogP contribution in [-0.2, 0) is 6.54 Å². The van der Waals surface area contributed by atoms with E-state index in [9.17, 15) is 8.78 Å². The van der Waals surface area contributed by atoms with Gasteiger partial charge in [0.05, 0.1) is 4.47 Å². The van der Waals surface area contributed by atoms with E-state index in [-0.39, 0.29) is 22.1 Å². The van der Waals surface area contributed by atoms with E-state index in [1.807, 2.05) is 13.8 Å². The molecular formula is C12H15BrClF2N. The van der Waals surface area contributed by atoms with Crippen molar-refractivity contribution in [2.75, 3.05) is 5.88 Å². The number of nitrogens with one attached hydrogen (secondary N) is 1. The van der Waals surface area contributed by atoms with E-state index in [0.717, 1.165) is 6.42 Å². The maximum atomic E-state index is 13.7. The molecule has 96 valence electrons. The van der Waals surface area contributed by atoms with E-state index in [1.165, 1.54) is 12.1 Å². The fourth-order valence-corrected chi connectivity index (χ4v) is 2.23. The van der Waals surface area contributed by atoms with Crippen LogP contribution in [0.5, 0.6) is 0 Å². The lowest BCUT2D eigenvalue weighted by Gasteiger charge is -2.25. The molecule has 0 saturated carbocycles. The van der Waals surface area contributed by atoms with Gasteiger partial charge in [0.15, 0.2) is 0 Å². The van der Waals surface area contributed by atoms with Crippen LogP contribution in [0, 0.1) is 11.6 Å².